The fourth-order valence-electron chi connectivity index (χ4n) is 1.89. The van der Waals surface area contributed by atoms with E-state index in [0.29, 0.717) is 12.2 Å². The van der Waals surface area contributed by atoms with Crippen LogP contribution < -0.4 is 4.90 Å². The van der Waals surface area contributed by atoms with Gasteiger partial charge >= 0.3 is 6.18 Å². The molecule has 0 saturated carbocycles. The minimum Gasteiger partial charge on any atom is -0.368 e. The van der Waals surface area contributed by atoms with E-state index in [4.69, 9.17) is 5.26 Å². The highest BCUT2D eigenvalue weighted by Gasteiger charge is 2.31. The van der Waals surface area contributed by atoms with Gasteiger partial charge in [0.15, 0.2) is 0 Å². The van der Waals surface area contributed by atoms with Crippen LogP contribution in [0, 0.1) is 11.3 Å². The lowest BCUT2D eigenvalue weighted by atomic mass is 10.1. The molecule has 0 aliphatic carbocycles. The summed E-state index contributed by atoms with van der Waals surface area (Å²) in [5.41, 5.74) is -0.312. The molecule has 1 aromatic carbocycles. The second kappa shape index (κ2) is 6.08. The Hall–Kier alpha value is -1.52. The Morgan fingerprint density at radius 1 is 1.33 bits per heavy atom. The topological polar surface area (TPSA) is 27.0 Å². The number of nitrogens with zero attached hydrogens (tertiary/aromatic N) is 2. The van der Waals surface area contributed by atoms with Crippen LogP contribution in [0.5, 0.6) is 0 Å². The van der Waals surface area contributed by atoms with Crippen LogP contribution in [0.25, 0.3) is 0 Å². The van der Waals surface area contributed by atoms with Crippen molar-refractivity contribution in [2.24, 2.45) is 0 Å². The fraction of sp³-hybridized carbons (Fsp3) is 0.214. The summed E-state index contributed by atoms with van der Waals surface area (Å²) in [7, 11) is 1.75. The van der Waals surface area contributed by atoms with E-state index in [2.05, 4.69) is 15.9 Å². The first-order valence-electron chi connectivity index (χ1n) is 5.86. The van der Waals surface area contributed by atoms with E-state index < -0.39 is 11.7 Å². The molecule has 0 unspecified atom stereocenters. The highest BCUT2D eigenvalue weighted by atomic mass is 79.9. The number of hydrogen-bond donors (Lipinski definition) is 0. The van der Waals surface area contributed by atoms with Gasteiger partial charge in [-0.1, -0.05) is 0 Å². The SMILES string of the molecule is CN(Cc1cc(Br)cs1)c1ccc(C(F)(F)F)cc1C#N. The zero-order valence-corrected chi connectivity index (χ0v) is 13.3. The van der Waals surface area contributed by atoms with Gasteiger partial charge in [0, 0.05) is 21.8 Å². The molecule has 0 saturated heterocycles. The lowest BCUT2D eigenvalue weighted by Gasteiger charge is -2.20. The predicted octanol–water partition coefficient (Wildman–Crippen LogP) is 5.04. The summed E-state index contributed by atoms with van der Waals surface area (Å²) >= 11 is 4.89. The maximum atomic E-state index is 12.7. The van der Waals surface area contributed by atoms with E-state index in [9.17, 15) is 13.2 Å². The van der Waals surface area contributed by atoms with Gasteiger partial charge in [0.2, 0.25) is 0 Å². The molecule has 0 amide bonds. The summed E-state index contributed by atoms with van der Waals surface area (Å²) in [6.07, 6.45) is -4.44. The molecule has 7 heteroatoms. The Balaban J connectivity index is 2.29. The summed E-state index contributed by atoms with van der Waals surface area (Å²) < 4.78 is 38.9. The van der Waals surface area contributed by atoms with Crippen molar-refractivity contribution < 1.29 is 13.2 Å². The molecule has 0 N–H and O–H groups in total. The van der Waals surface area contributed by atoms with Crippen LogP contribution in [0.1, 0.15) is 16.0 Å². The molecule has 21 heavy (non-hydrogen) atoms. The van der Waals surface area contributed by atoms with Crippen LogP contribution in [0.2, 0.25) is 0 Å². The first-order chi connectivity index (χ1) is 9.81. The third-order valence-corrected chi connectivity index (χ3v) is 4.55. The van der Waals surface area contributed by atoms with Crippen LogP contribution >= 0.6 is 27.3 Å². The molecule has 0 radical (unpaired) electrons. The van der Waals surface area contributed by atoms with Crippen molar-refractivity contribution in [2.75, 3.05) is 11.9 Å². The normalized spacial score (nSPS) is 11.2. The number of thiophene rings is 1. The highest BCUT2D eigenvalue weighted by Crippen LogP contribution is 2.33. The molecule has 1 heterocycles. The summed E-state index contributed by atoms with van der Waals surface area (Å²) in [5.74, 6) is 0. The quantitative estimate of drug-likeness (QED) is 0.752. The third-order valence-electron chi connectivity index (χ3n) is 2.87. The lowest BCUT2D eigenvalue weighted by Crippen LogP contribution is -2.17. The summed E-state index contributed by atoms with van der Waals surface area (Å²) in [5, 5.41) is 11.0. The van der Waals surface area contributed by atoms with Crippen LogP contribution in [-0.4, -0.2) is 7.05 Å². The summed E-state index contributed by atoms with van der Waals surface area (Å²) in [6.45, 7) is 0.524. The molecular formula is C14H10BrF3N2S. The second-order valence-corrected chi connectivity index (χ2v) is 6.34. The van der Waals surface area contributed by atoms with Gasteiger partial charge in [-0.15, -0.1) is 11.3 Å². The van der Waals surface area contributed by atoms with Gasteiger partial charge in [0.25, 0.3) is 0 Å². The maximum Gasteiger partial charge on any atom is 0.416 e. The minimum atomic E-state index is -4.44. The lowest BCUT2D eigenvalue weighted by molar-refractivity contribution is -0.137. The average molecular weight is 375 g/mol. The van der Waals surface area contributed by atoms with Gasteiger partial charge in [0.1, 0.15) is 6.07 Å². The van der Waals surface area contributed by atoms with Gasteiger partial charge in [-0.05, 0) is 40.2 Å². The van der Waals surface area contributed by atoms with Gasteiger partial charge in [-0.25, -0.2) is 0 Å². The van der Waals surface area contributed by atoms with Crippen LogP contribution in [-0.2, 0) is 12.7 Å². The second-order valence-electron chi connectivity index (χ2n) is 4.43. The molecule has 110 valence electrons. The van der Waals surface area contributed by atoms with Gasteiger partial charge in [-0.3, -0.25) is 0 Å². The monoisotopic (exact) mass is 374 g/mol. The number of rotatable bonds is 3. The largest absolute Gasteiger partial charge is 0.416 e. The van der Waals surface area contributed by atoms with Crippen molar-refractivity contribution in [3.63, 3.8) is 0 Å². The Morgan fingerprint density at radius 2 is 2.05 bits per heavy atom. The molecule has 0 spiro atoms. The molecule has 2 nitrogen and oxygen atoms in total. The van der Waals surface area contributed by atoms with Gasteiger partial charge in [0.05, 0.1) is 23.4 Å². The van der Waals surface area contributed by atoms with Crippen molar-refractivity contribution in [1.29, 1.82) is 5.26 Å². The number of halogens is 4. The molecule has 2 aromatic rings. The Kier molecular flexibility index (Phi) is 4.59. The van der Waals surface area contributed by atoms with Crippen LogP contribution in [0.4, 0.5) is 18.9 Å². The molecule has 0 aliphatic rings. The van der Waals surface area contributed by atoms with Crippen LogP contribution in [0.3, 0.4) is 0 Å². The molecular weight excluding hydrogens is 365 g/mol. The molecule has 0 aliphatic heterocycles. The standard InChI is InChI=1S/C14H10BrF3N2S/c1-20(7-12-5-11(15)8-21-12)13-3-2-10(14(16,17)18)4-9(13)6-19/h2-5,8H,7H2,1H3. The minimum absolute atomic E-state index is 0.0166. The van der Waals surface area contributed by atoms with E-state index >= 15 is 0 Å². The predicted molar refractivity (Wildman–Crippen MR) is 80.3 cm³/mol. The zero-order chi connectivity index (χ0) is 15.6. The molecule has 0 fully saturated rings. The van der Waals surface area contributed by atoms with Gasteiger partial charge < -0.3 is 4.90 Å². The number of alkyl halides is 3. The van der Waals surface area contributed by atoms with Crippen molar-refractivity contribution >= 4 is 33.0 Å². The van der Waals surface area contributed by atoms with E-state index in [1.807, 2.05) is 17.5 Å². The van der Waals surface area contributed by atoms with Crippen molar-refractivity contribution in [2.45, 2.75) is 12.7 Å². The van der Waals surface area contributed by atoms with E-state index in [0.717, 1.165) is 21.5 Å². The van der Waals surface area contributed by atoms with E-state index in [1.165, 1.54) is 6.07 Å². The van der Waals surface area contributed by atoms with Crippen molar-refractivity contribution in [1.82, 2.24) is 0 Å². The van der Waals surface area contributed by atoms with Crippen LogP contribution in [0.15, 0.2) is 34.1 Å². The zero-order valence-electron chi connectivity index (χ0n) is 10.9. The molecule has 0 bridgehead atoms. The molecule has 0 atom stereocenters. The summed E-state index contributed by atoms with van der Waals surface area (Å²) in [4.78, 5) is 2.81. The van der Waals surface area contributed by atoms with E-state index in [-0.39, 0.29) is 5.56 Å². The number of anilines is 1. The molecule has 2 rings (SSSR count). The van der Waals surface area contributed by atoms with Crippen molar-refractivity contribution in [3.05, 3.63) is 50.1 Å². The average Bonchev–Trinajstić information content (AvgIpc) is 2.82. The molecule has 1 aromatic heterocycles. The maximum absolute atomic E-state index is 12.7. The smallest absolute Gasteiger partial charge is 0.368 e. The number of hydrogen-bond acceptors (Lipinski definition) is 3. The number of benzene rings is 1. The fourth-order valence-corrected chi connectivity index (χ4v) is 3.39. The third kappa shape index (κ3) is 3.77. The van der Waals surface area contributed by atoms with Gasteiger partial charge in [-0.2, -0.15) is 18.4 Å². The first-order valence-corrected chi connectivity index (χ1v) is 7.54. The Bertz CT molecular complexity index is 688. The Labute approximate surface area is 132 Å². The summed E-state index contributed by atoms with van der Waals surface area (Å²) in [6, 6.07) is 6.99. The number of nitriles is 1. The Morgan fingerprint density at radius 3 is 2.57 bits per heavy atom. The first kappa shape index (κ1) is 15.9. The van der Waals surface area contributed by atoms with E-state index in [1.54, 1.807) is 23.3 Å². The van der Waals surface area contributed by atoms with Crippen molar-refractivity contribution in [3.8, 4) is 6.07 Å². The highest BCUT2D eigenvalue weighted by molar-refractivity contribution is 9.10.